The van der Waals surface area contributed by atoms with E-state index in [0.717, 1.165) is 17.8 Å². The number of aromatic nitrogens is 2. The van der Waals surface area contributed by atoms with Gasteiger partial charge in [0, 0.05) is 19.0 Å². The highest BCUT2D eigenvalue weighted by Crippen LogP contribution is 2.26. The first kappa shape index (κ1) is 10.5. The van der Waals surface area contributed by atoms with Crippen molar-refractivity contribution in [3.63, 3.8) is 0 Å². The number of rotatable bonds is 2. The average molecular weight is 249 g/mol. The van der Waals surface area contributed by atoms with E-state index in [9.17, 15) is 4.79 Å². The summed E-state index contributed by atoms with van der Waals surface area (Å²) >= 11 is 1.48. The van der Waals surface area contributed by atoms with Crippen molar-refractivity contribution in [2.45, 2.75) is 12.3 Å². The first-order chi connectivity index (χ1) is 8.34. The second-order valence-corrected chi connectivity index (χ2v) is 4.95. The van der Waals surface area contributed by atoms with Gasteiger partial charge in [-0.25, -0.2) is 0 Å². The highest BCUT2D eigenvalue weighted by molar-refractivity contribution is 7.12. The van der Waals surface area contributed by atoms with E-state index in [1.807, 2.05) is 22.4 Å². The van der Waals surface area contributed by atoms with Crippen molar-refractivity contribution in [3.8, 4) is 0 Å². The van der Waals surface area contributed by atoms with E-state index in [1.54, 1.807) is 0 Å². The molecular formula is C11H11N3O2S. The third-order valence-corrected chi connectivity index (χ3v) is 3.81. The fourth-order valence-corrected chi connectivity index (χ4v) is 2.76. The molecule has 0 aliphatic carbocycles. The number of carbonyl (C=O) groups excluding carboxylic acids is 1. The van der Waals surface area contributed by atoms with Crippen molar-refractivity contribution in [1.29, 1.82) is 0 Å². The van der Waals surface area contributed by atoms with Crippen molar-refractivity contribution < 1.29 is 9.32 Å². The van der Waals surface area contributed by atoms with Crippen molar-refractivity contribution in [3.05, 3.63) is 34.6 Å². The molecular weight excluding hydrogens is 238 g/mol. The van der Waals surface area contributed by atoms with Gasteiger partial charge in [-0.3, -0.25) is 4.79 Å². The molecule has 2 aromatic rings. The van der Waals surface area contributed by atoms with E-state index in [0.29, 0.717) is 12.4 Å². The molecule has 0 aromatic carbocycles. The zero-order chi connectivity index (χ0) is 11.7. The van der Waals surface area contributed by atoms with E-state index in [-0.39, 0.29) is 11.8 Å². The number of nitrogens with zero attached hydrogens (tertiary/aromatic N) is 3. The van der Waals surface area contributed by atoms with Crippen LogP contribution in [-0.2, 0) is 0 Å². The zero-order valence-electron chi connectivity index (χ0n) is 9.07. The van der Waals surface area contributed by atoms with Crippen LogP contribution >= 0.6 is 11.3 Å². The lowest BCUT2D eigenvalue weighted by Gasteiger charge is -2.14. The summed E-state index contributed by atoms with van der Waals surface area (Å²) in [5.74, 6) is 1.01. The van der Waals surface area contributed by atoms with E-state index in [1.165, 1.54) is 17.7 Å². The van der Waals surface area contributed by atoms with Gasteiger partial charge < -0.3 is 9.42 Å². The number of likely N-dealkylation sites (tertiary alicyclic amines) is 1. The molecule has 0 unspecified atom stereocenters. The summed E-state index contributed by atoms with van der Waals surface area (Å²) in [4.78, 5) is 18.8. The van der Waals surface area contributed by atoms with Gasteiger partial charge in [-0.15, -0.1) is 11.3 Å². The zero-order valence-corrected chi connectivity index (χ0v) is 9.89. The molecule has 1 fully saturated rings. The molecule has 1 atom stereocenters. The second-order valence-electron chi connectivity index (χ2n) is 4.00. The molecule has 2 aromatic heterocycles. The van der Waals surface area contributed by atoms with Crippen LogP contribution in [0.15, 0.2) is 28.4 Å². The molecule has 3 heterocycles. The largest absolute Gasteiger partial charge is 0.343 e. The van der Waals surface area contributed by atoms with Gasteiger partial charge in [-0.1, -0.05) is 11.2 Å². The molecule has 17 heavy (non-hydrogen) atoms. The van der Waals surface area contributed by atoms with E-state index >= 15 is 0 Å². The molecule has 1 aliphatic rings. The Hall–Kier alpha value is -1.69. The van der Waals surface area contributed by atoms with Gasteiger partial charge in [-0.2, -0.15) is 4.98 Å². The summed E-state index contributed by atoms with van der Waals surface area (Å²) in [6.07, 6.45) is 2.23. The van der Waals surface area contributed by atoms with Crippen molar-refractivity contribution in [2.75, 3.05) is 13.1 Å². The maximum Gasteiger partial charge on any atom is 0.263 e. The average Bonchev–Trinajstić information content (AvgIpc) is 3.09. The van der Waals surface area contributed by atoms with Gasteiger partial charge in [0.1, 0.15) is 0 Å². The van der Waals surface area contributed by atoms with Crippen LogP contribution in [0.1, 0.15) is 27.8 Å². The monoisotopic (exact) mass is 249 g/mol. The summed E-state index contributed by atoms with van der Waals surface area (Å²) < 4.78 is 4.73. The highest BCUT2D eigenvalue weighted by Gasteiger charge is 2.30. The summed E-state index contributed by atoms with van der Waals surface area (Å²) in [6, 6.07) is 3.75. The van der Waals surface area contributed by atoms with Gasteiger partial charge in [0.25, 0.3) is 5.91 Å². The Morgan fingerprint density at radius 2 is 2.53 bits per heavy atom. The van der Waals surface area contributed by atoms with Crippen LogP contribution in [0.2, 0.25) is 0 Å². The first-order valence-electron chi connectivity index (χ1n) is 5.43. The molecule has 0 radical (unpaired) electrons. The Balaban J connectivity index is 1.70. The molecule has 0 bridgehead atoms. The van der Waals surface area contributed by atoms with E-state index < -0.39 is 0 Å². The van der Waals surface area contributed by atoms with Crippen LogP contribution in [0.5, 0.6) is 0 Å². The van der Waals surface area contributed by atoms with Gasteiger partial charge in [0.2, 0.25) is 6.39 Å². The van der Waals surface area contributed by atoms with E-state index in [2.05, 4.69) is 10.1 Å². The third-order valence-electron chi connectivity index (χ3n) is 2.95. The standard InChI is InChI=1S/C11H11N3O2S/c15-11(9-2-1-5-17-9)14-4-3-8(6-14)10-12-7-16-13-10/h1-2,5,7-8H,3-4,6H2/t8-/m0/s1. The van der Waals surface area contributed by atoms with Crippen LogP contribution < -0.4 is 0 Å². The van der Waals surface area contributed by atoms with E-state index in [4.69, 9.17) is 4.52 Å². The number of hydrogen-bond donors (Lipinski definition) is 0. The molecule has 1 saturated heterocycles. The number of hydrogen-bond acceptors (Lipinski definition) is 5. The molecule has 5 nitrogen and oxygen atoms in total. The van der Waals surface area contributed by atoms with Crippen LogP contribution in [0.4, 0.5) is 0 Å². The second kappa shape index (κ2) is 4.29. The molecule has 88 valence electrons. The fraction of sp³-hybridized carbons (Fsp3) is 0.364. The maximum atomic E-state index is 12.1. The Labute approximate surface area is 102 Å². The Morgan fingerprint density at radius 1 is 1.59 bits per heavy atom. The smallest absolute Gasteiger partial charge is 0.263 e. The Morgan fingerprint density at radius 3 is 3.24 bits per heavy atom. The molecule has 6 heteroatoms. The van der Waals surface area contributed by atoms with Crippen LogP contribution in [0.25, 0.3) is 0 Å². The minimum Gasteiger partial charge on any atom is -0.343 e. The summed E-state index contributed by atoms with van der Waals surface area (Å²) in [7, 11) is 0. The third kappa shape index (κ3) is 1.95. The predicted molar refractivity (Wildman–Crippen MR) is 61.9 cm³/mol. The predicted octanol–water partition coefficient (Wildman–Crippen LogP) is 1.76. The molecule has 3 rings (SSSR count). The van der Waals surface area contributed by atoms with Crippen molar-refractivity contribution in [1.82, 2.24) is 15.0 Å². The lowest BCUT2D eigenvalue weighted by molar-refractivity contribution is 0.0795. The summed E-state index contributed by atoms with van der Waals surface area (Å²) in [6.45, 7) is 1.44. The lowest BCUT2D eigenvalue weighted by atomic mass is 10.1. The van der Waals surface area contributed by atoms with Gasteiger partial charge in [-0.05, 0) is 17.9 Å². The quantitative estimate of drug-likeness (QED) is 0.813. The first-order valence-corrected chi connectivity index (χ1v) is 6.31. The molecule has 0 N–H and O–H groups in total. The molecule has 1 amide bonds. The Bertz CT molecular complexity index is 495. The SMILES string of the molecule is O=C(c1cccs1)N1CC[C@H](c2ncon2)C1. The van der Waals surface area contributed by atoms with Gasteiger partial charge >= 0.3 is 0 Å². The minimum atomic E-state index is 0.103. The normalized spacial score (nSPS) is 19.8. The van der Waals surface area contributed by atoms with Crippen LogP contribution in [0, 0.1) is 0 Å². The van der Waals surface area contributed by atoms with Gasteiger partial charge in [0.05, 0.1) is 4.88 Å². The summed E-state index contributed by atoms with van der Waals surface area (Å²) in [5, 5.41) is 5.75. The van der Waals surface area contributed by atoms with Crippen molar-refractivity contribution >= 4 is 17.2 Å². The Kier molecular flexibility index (Phi) is 2.64. The highest BCUT2D eigenvalue weighted by atomic mass is 32.1. The summed E-state index contributed by atoms with van der Waals surface area (Å²) in [5.41, 5.74) is 0. The van der Waals surface area contributed by atoms with Gasteiger partial charge in [0.15, 0.2) is 5.82 Å². The maximum absolute atomic E-state index is 12.1. The van der Waals surface area contributed by atoms with Crippen LogP contribution in [-0.4, -0.2) is 34.0 Å². The number of amides is 1. The van der Waals surface area contributed by atoms with Crippen LogP contribution in [0.3, 0.4) is 0 Å². The van der Waals surface area contributed by atoms with Crippen molar-refractivity contribution in [2.24, 2.45) is 0 Å². The topological polar surface area (TPSA) is 59.2 Å². The number of carbonyl (C=O) groups is 1. The fourth-order valence-electron chi connectivity index (χ4n) is 2.07. The minimum absolute atomic E-state index is 0.103. The molecule has 0 spiro atoms. The lowest BCUT2D eigenvalue weighted by Crippen LogP contribution is -2.27. The molecule has 1 aliphatic heterocycles. The number of thiophene rings is 1. The molecule has 0 saturated carbocycles.